The predicted octanol–water partition coefficient (Wildman–Crippen LogP) is 1.65. The van der Waals surface area contributed by atoms with Gasteiger partial charge in [0.25, 0.3) is 5.56 Å². The van der Waals surface area contributed by atoms with Gasteiger partial charge in [0.15, 0.2) is 0 Å². The molecule has 2 rings (SSSR count). The summed E-state index contributed by atoms with van der Waals surface area (Å²) in [5, 5.41) is 7.51. The molecular weight excluding hydrogens is 264 g/mol. The standard InChI is InChI=1S/C16H26N4O/c1-4-17-9-14(3)12-20-16(21)8-15(10-18-20)19-7-5-6-13(2)11-19/h8,10,13,17H,3-7,9,11-12H2,1-2H3. The SMILES string of the molecule is C=C(CNCC)Cn1ncc(N2CCCC(C)C2)cc1=O. The summed E-state index contributed by atoms with van der Waals surface area (Å²) in [6, 6.07) is 1.70. The fourth-order valence-corrected chi connectivity index (χ4v) is 2.71. The average Bonchev–Trinajstić information content (AvgIpc) is 2.47. The van der Waals surface area contributed by atoms with Gasteiger partial charge in [0.05, 0.1) is 18.4 Å². The third-order valence-corrected chi connectivity index (χ3v) is 3.88. The van der Waals surface area contributed by atoms with Gasteiger partial charge < -0.3 is 10.2 Å². The number of hydrogen-bond acceptors (Lipinski definition) is 4. The van der Waals surface area contributed by atoms with Crippen LogP contribution in [0.4, 0.5) is 5.69 Å². The van der Waals surface area contributed by atoms with Crippen LogP contribution in [0, 0.1) is 5.92 Å². The minimum Gasteiger partial charge on any atom is -0.370 e. The van der Waals surface area contributed by atoms with E-state index in [0.717, 1.165) is 37.4 Å². The summed E-state index contributed by atoms with van der Waals surface area (Å²) in [6.07, 6.45) is 4.26. The van der Waals surface area contributed by atoms with E-state index in [4.69, 9.17) is 0 Å². The van der Waals surface area contributed by atoms with Crippen LogP contribution >= 0.6 is 0 Å². The molecule has 5 heteroatoms. The Morgan fingerprint density at radius 3 is 3.05 bits per heavy atom. The molecule has 0 aliphatic carbocycles. The second kappa shape index (κ2) is 7.41. The van der Waals surface area contributed by atoms with E-state index in [9.17, 15) is 4.79 Å². The molecule has 0 radical (unpaired) electrons. The van der Waals surface area contributed by atoms with Crippen molar-refractivity contribution in [2.75, 3.05) is 31.1 Å². The van der Waals surface area contributed by atoms with Gasteiger partial charge in [-0.05, 0) is 30.9 Å². The van der Waals surface area contributed by atoms with Crippen molar-refractivity contribution in [3.05, 3.63) is 34.8 Å². The zero-order chi connectivity index (χ0) is 15.2. The Morgan fingerprint density at radius 1 is 1.57 bits per heavy atom. The Balaban J connectivity index is 2.03. The molecule has 0 spiro atoms. The Morgan fingerprint density at radius 2 is 2.38 bits per heavy atom. The molecule has 5 nitrogen and oxygen atoms in total. The Labute approximate surface area is 126 Å². The van der Waals surface area contributed by atoms with Gasteiger partial charge in [-0.1, -0.05) is 20.4 Å². The zero-order valence-electron chi connectivity index (χ0n) is 13.1. The Hall–Kier alpha value is -1.62. The van der Waals surface area contributed by atoms with E-state index in [1.165, 1.54) is 17.5 Å². The fraction of sp³-hybridized carbons (Fsp3) is 0.625. The van der Waals surface area contributed by atoms with Gasteiger partial charge in [-0.2, -0.15) is 5.10 Å². The summed E-state index contributed by atoms with van der Waals surface area (Å²) < 4.78 is 1.48. The van der Waals surface area contributed by atoms with Gasteiger partial charge >= 0.3 is 0 Å². The number of anilines is 1. The smallest absolute Gasteiger partial charge is 0.269 e. The number of aromatic nitrogens is 2. The fourth-order valence-electron chi connectivity index (χ4n) is 2.71. The molecule has 1 saturated heterocycles. The van der Waals surface area contributed by atoms with Crippen molar-refractivity contribution >= 4 is 5.69 Å². The average molecular weight is 290 g/mol. The first-order valence-electron chi connectivity index (χ1n) is 7.79. The van der Waals surface area contributed by atoms with E-state index >= 15 is 0 Å². The van der Waals surface area contributed by atoms with Gasteiger partial charge in [-0.3, -0.25) is 4.79 Å². The molecule has 0 amide bonds. The van der Waals surface area contributed by atoms with Crippen molar-refractivity contribution in [1.29, 1.82) is 0 Å². The number of likely N-dealkylation sites (N-methyl/N-ethyl adjacent to an activating group) is 1. The molecule has 1 unspecified atom stereocenters. The number of nitrogens with one attached hydrogen (secondary N) is 1. The van der Waals surface area contributed by atoms with Crippen LogP contribution in [-0.4, -0.2) is 36.0 Å². The molecule has 1 aliphatic heterocycles. The van der Waals surface area contributed by atoms with Gasteiger partial charge in [-0.25, -0.2) is 4.68 Å². The summed E-state index contributed by atoms with van der Waals surface area (Å²) in [6.45, 7) is 12.4. The summed E-state index contributed by atoms with van der Waals surface area (Å²) in [4.78, 5) is 14.5. The van der Waals surface area contributed by atoms with Gasteiger partial charge in [-0.15, -0.1) is 0 Å². The lowest BCUT2D eigenvalue weighted by Gasteiger charge is -2.32. The largest absolute Gasteiger partial charge is 0.370 e. The summed E-state index contributed by atoms with van der Waals surface area (Å²) >= 11 is 0. The predicted molar refractivity (Wildman–Crippen MR) is 86.8 cm³/mol. The quantitative estimate of drug-likeness (QED) is 0.809. The van der Waals surface area contributed by atoms with Crippen LogP contribution in [0.1, 0.15) is 26.7 Å². The van der Waals surface area contributed by atoms with Crippen LogP contribution in [0.15, 0.2) is 29.2 Å². The first-order valence-corrected chi connectivity index (χ1v) is 7.79. The molecule has 0 bridgehead atoms. The molecule has 21 heavy (non-hydrogen) atoms. The van der Waals surface area contributed by atoms with Crippen molar-refractivity contribution in [1.82, 2.24) is 15.1 Å². The maximum absolute atomic E-state index is 12.2. The third-order valence-electron chi connectivity index (χ3n) is 3.88. The normalized spacial score (nSPS) is 18.8. The molecule has 1 N–H and O–H groups in total. The van der Waals surface area contributed by atoms with Gasteiger partial charge in [0, 0.05) is 25.7 Å². The highest BCUT2D eigenvalue weighted by molar-refractivity contribution is 5.43. The molecule has 1 fully saturated rings. The van der Waals surface area contributed by atoms with E-state index < -0.39 is 0 Å². The van der Waals surface area contributed by atoms with Crippen molar-refractivity contribution in [2.45, 2.75) is 33.2 Å². The highest BCUT2D eigenvalue weighted by Crippen LogP contribution is 2.20. The first-order chi connectivity index (χ1) is 10.1. The summed E-state index contributed by atoms with van der Waals surface area (Å²) in [5.41, 5.74) is 1.86. The second-order valence-electron chi connectivity index (χ2n) is 5.93. The molecule has 1 aliphatic rings. The third kappa shape index (κ3) is 4.43. The number of nitrogens with zero attached hydrogens (tertiary/aromatic N) is 3. The Bertz CT molecular complexity index is 537. The topological polar surface area (TPSA) is 50.2 Å². The van der Waals surface area contributed by atoms with Crippen LogP contribution in [0.2, 0.25) is 0 Å². The maximum atomic E-state index is 12.2. The van der Waals surface area contributed by atoms with Gasteiger partial charge in [0.1, 0.15) is 0 Å². The molecule has 0 saturated carbocycles. The molecule has 1 aromatic heterocycles. The molecule has 0 aromatic carbocycles. The minimum atomic E-state index is -0.0524. The van der Waals surface area contributed by atoms with Crippen LogP contribution in [-0.2, 0) is 6.54 Å². The highest BCUT2D eigenvalue weighted by atomic mass is 16.1. The second-order valence-corrected chi connectivity index (χ2v) is 5.93. The summed E-state index contributed by atoms with van der Waals surface area (Å²) in [7, 11) is 0. The van der Waals surface area contributed by atoms with Crippen LogP contribution < -0.4 is 15.8 Å². The summed E-state index contributed by atoms with van der Waals surface area (Å²) in [5.74, 6) is 0.682. The molecule has 2 heterocycles. The van der Waals surface area contributed by atoms with Gasteiger partial charge in [0.2, 0.25) is 0 Å². The number of rotatable bonds is 6. The number of piperidine rings is 1. The van der Waals surface area contributed by atoms with E-state index in [-0.39, 0.29) is 5.56 Å². The van der Waals surface area contributed by atoms with Crippen LogP contribution in [0.25, 0.3) is 0 Å². The van der Waals surface area contributed by atoms with Crippen LogP contribution in [0.3, 0.4) is 0 Å². The van der Waals surface area contributed by atoms with Crippen molar-refractivity contribution < 1.29 is 0 Å². The monoisotopic (exact) mass is 290 g/mol. The van der Waals surface area contributed by atoms with Crippen molar-refractivity contribution in [2.24, 2.45) is 5.92 Å². The van der Waals surface area contributed by atoms with Crippen LogP contribution in [0.5, 0.6) is 0 Å². The zero-order valence-corrected chi connectivity index (χ0v) is 13.1. The lowest BCUT2D eigenvalue weighted by atomic mass is 10.00. The van der Waals surface area contributed by atoms with Crippen molar-refractivity contribution in [3.63, 3.8) is 0 Å². The van der Waals surface area contributed by atoms with E-state index in [1.807, 2.05) is 6.92 Å². The maximum Gasteiger partial charge on any atom is 0.269 e. The lowest BCUT2D eigenvalue weighted by Crippen LogP contribution is -2.36. The van der Waals surface area contributed by atoms with E-state index in [2.05, 4.69) is 28.8 Å². The van der Waals surface area contributed by atoms with E-state index in [1.54, 1.807) is 12.3 Å². The van der Waals surface area contributed by atoms with Crippen molar-refractivity contribution in [3.8, 4) is 0 Å². The lowest BCUT2D eigenvalue weighted by molar-refractivity contribution is 0.445. The Kier molecular flexibility index (Phi) is 5.56. The minimum absolute atomic E-state index is 0.0524. The first kappa shape index (κ1) is 15.8. The molecule has 1 atom stereocenters. The van der Waals surface area contributed by atoms with E-state index in [0.29, 0.717) is 12.5 Å². The molecule has 116 valence electrons. The molecule has 1 aromatic rings. The highest BCUT2D eigenvalue weighted by Gasteiger charge is 2.17. The number of hydrogen-bond donors (Lipinski definition) is 1. The molecular formula is C16H26N4O.